The van der Waals surface area contributed by atoms with Gasteiger partial charge in [-0.3, -0.25) is 0 Å². The van der Waals surface area contributed by atoms with Crippen molar-refractivity contribution in [2.75, 3.05) is 0 Å². The van der Waals surface area contributed by atoms with Gasteiger partial charge in [0.25, 0.3) is 0 Å². The van der Waals surface area contributed by atoms with E-state index < -0.39 is 0 Å². The third-order valence-corrected chi connectivity index (χ3v) is 9.16. The summed E-state index contributed by atoms with van der Waals surface area (Å²) in [6, 6.07) is 28.2. The average molecular weight is 641 g/mol. The second-order valence-corrected chi connectivity index (χ2v) is 13.0. The van der Waals surface area contributed by atoms with E-state index in [0.29, 0.717) is 0 Å². The molecule has 0 amide bonds. The Labute approximate surface area is 282 Å². The zero-order valence-corrected chi connectivity index (χ0v) is 28.5. The molecule has 3 aromatic carbocycles. The smallest absolute Gasteiger partial charge is 0.0491 e. The fourth-order valence-corrected chi connectivity index (χ4v) is 6.90. The van der Waals surface area contributed by atoms with E-state index in [2.05, 4.69) is 134 Å². The molecule has 230 valence electrons. The zero-order chi connectivity index (χ0) is 32.2. The van der Waals surface area contributed by atoms with Gasteiger partial charge in [-0.2, -0.15) is 0 Å². The molecular weight excluding hydrogens is 601 g/mol. The largest absolute Gasteiger partial charge is 0.341 e. The van der Waals surface area contributed by atoms with E-state index in [-0.39, 0.29) is 0 Å². The Kier molecular flexibility index (Phi) is 9.64. The van der Waals surface area contributed by atoms with E-state index in [9.17, 15) is 0 Å². The van der Waals surface area contributed by atoms with Gasteiger partial charge in [0.15, 0.2) is 0 Å². The number of rotatable bonds is 7. The maximum Gasteiger partial charge on any atom is 0.0491 e. The van der Waals surface area contributed by atoms with Crippen molar-refractivity contribution >= 4 is 62.8 Å². The van der Waals surface area contributed by atoms with Gasteiger partial charge in [-0.1, -0.05) is 126 Å². The minimum Gasteiger partial charge on any atom is -0.341 e. The summed E-state index contributed by atoms with van der Waals surface area (Å²) in [5.74, 6) is 0. The first-order valence-corrected chi connectivity index (χ1v) is 16.8. The number of nitrogens with zero attached hydrogens (tertiary/aromatic N) is 1. The van der Waals surface area contributed by atoms with Crippen LogP contribution < -0.4 is 10.7 Å². The number of halogens is 2. The van der Waals surface area contributed by atoms with Crippen LogP contribution in [-0.4, -0.2) is 4.57 Å². The monoisotopic (exact) mass is 639 g/mol. The molecule has 0 spiro atoms. The van der Waals surface area contributed by atoms with Crippen molar-refractivity contribution in [1.29, 1.82) is 0 Å². The molecular formula is C43H39Cl2N. The van der Waals surface area contributed by atoms with Gasteiger partial charge >= 0.3 is 0 Å². The molecule has 1 heterocycles. The number of hydrogen-bond acceptors (Lipinski definition) is 0. The molecule has 0 radical (unpaired) electrons. The number of benzene rings is 3. The van der Waals surface area contributed by atoms with Crippen LogP contribution in [0.15, 0.2) is 142 Å². The van der Waals surface area contributed by atoms with Crippen LogP contribution in [0, 0.1) is 0 Å². The predicted molar refractivity (Wildman–Crippen MR) is 202 cm³/mol. The highest BCUT2D eigenvalue weighted by Crippen LogP contribution is 2.44. The number of hydrogen-bond donors (Lipinski definition) is 0. The molecule has 0 atom stereocenters. The van der Waals surface area contributed by atoms with Gasteiger partial charge in [0, 0.05) is 38.1 Å². The van der Waals surface area contributed by atoms with Crippen molar-refractivity contribution in [3.63, 3.8) is 0 Å². The lowest BCUT2D eigenvalue weighted by atomic mass is 9.97. The minimum absolute atomic E-state index is 0.770. The van der Waals surface area contributed by atoms with Gasteiger partial charge in [-0.25, -0.2) is 0 Å². The molecule has 0 saturated heterocycles. The lowest BCUT2D eigenvalue weighted by Gasteiger charge is -2.08. The molecule has 2 aliphatic carbocycles. The van der Waals surface area contributed by atoms with Gasteiger partial charge in [0.05, 0.1) is 0 Å². The quantitative estimate of drug-likeness (QED) is 0.189. The van der Waals surface area contributed by atoms with Crippen molar-refractivity contribution in [3.05, 3.63) is 169 Å². The van der Waals surface area contributed by atoms with Crippen molar-refractivity contribution in [1.82, 2.24) is 4.57 Å². The molecule has 0 aliphatic heterocycles. The molecule has 2 aliphatic rings. The fourth-order valence-electron chi connectivity index (χ4n) is 6.77. The Morgan fingerprint density at radius 3 is 1.98 bits per heavy atom. The van der Waals surface area contributed by atoms with Crippen molar-refractivity contribution in [2.45, 2.75) is 47.1 Å². The fraction of sp³-hybridized carbons (Fsp3) is 0.163. The molecule has 0 N–H and O–H groups in total. The van der Waals surface area contributed by atoms with E-state index in [0.717, 1.165) is 29.5 Å². The normalized spacial score (nSPS) is 18.5. The van der Waals surface area contributed by atoms with Gasteiger partial charge in [-0.15, -0.1) is 0 Å². The highest BCUT2D eigenvalue weighted by Gasteiger charge is 2.23. The van der Waals surface area contributed by atoms with Crippen LogP contribution in [0.25, 0.3) is 39.6 Å². The lowest BCUT2D eigenvalue weighted by molar-refractivity contribution is 0.729. The van der Waals surface area contributed by atoms with E-state index in [1.54, 1.807) is 0 Å². The van der Waals surface area contributed by atoms with E-state index >= 15 is 0 Å². The second kappa shape index (κ2) is 14.0. The minimum atomic E-state index is 0.770. The molecule has 0 unspecified atom stereocenters. The summed E-state index contributed by atoms with van der Waals surface area (Å²) in [4.78, 5) is 0. The molecule has 0 bridgehead atoms. The SMILES string of the molecule is CCn1/c(=C/C=C(\C)Cl)c2ccccc2/c1=C\C=C1/CCC(/C=C/C2=C(C)C(=C/C=C(\C)Cl)/c3ccccc32)=C1c1ccccc1. The molecule has 6 rings (SSSR count). The molecule has 46 heavy (non-hydrogen) atoms. The third kappa shape index (κ3) is 6.36. The van der Waals surface area contributed by atoms with Gasteiger partial charge in [0.1, 0.15) is 0 Å². The molecule has 0 saturated carbocycles. The standard InChI is InChI=1S/C43H39Cl2N/c1-5-46-41(27-20-30(3)45)39-17-11-12-18-40(39)42(46)28-24-34-22-21-33(43(34)32-13-7-6-8-14-32)23-26-36-31(4)35(25-19-29(2)44)37-15-9-10-16-38(36)37/h6-20,23-28H,5,21-22H2,1-4H3/b26-23+,29-19+,30-20+,34-24+,35-25-,41-27+,42-28+. The van der Waals surface area contributed by atoms with E-state index in [4.69, 9.17) is 23.2 Å². The molecule has 0 fully saturated rings. The number of fused-ring (bicyclic) bond motifs is 2. The maximum atomic E-state index is 6.23. The van der Waals surface area contributed by atoms with Crippen molar-refractivity contribution in [3.8, 4) is 0 Å². The van der Waals surface area contributed by atoms with E-state index in [1.807, 2.05) is 26.0 Å². The van der Waals surface area contributed by atoms with Crippen LogP contribution in [0.4, 0.5) is 0 Å². The van der Waals surface area contributed by atoms with Crippen LogP contribution in [0.5, 0.6) is 0 Å². The van der Waals surface area contributed by atoms with Crippen LogP contribution in [0.3, 0.4) is 0 Å². The summed E-state index contributed by atoms with van der Waals surface area (Å²) in [6.45, 7) is 9.12. The average Bonchev–Trinajstić information content (AvgIpc) is 3.69. The van der Waals surface area contributed by atoms with Crippen LogP contribution in [-0.2, 0) is 6.54 Å². The first kappa shape index (κ1) is 31.7. The number of allylic oxidation sites excluding steroid dienone is 14. The highest BCUT2D eigenvalue weighted by atomic mass is 35.5. The maximum absolute atomic E-state index is 6.23. The lowest BCUT2D eigenvalue weighted by Crippen LogP contribution is -2.25. The first-order valence-electron chi connectivity index (χ1n) is 16.0. The Bertz CT molecular complexity index is 2150. The van der Waals surface area contributed by atoms with Crippen LogP contribution in [0.1, 0.15) is 57.2 Å². The summed E-state index contributed by atoms with van der Waals surface area (Å²) >= 11 is 12.4. The molecule has 4 aromatic rings. The van der Waals surface area contributed by atoms with Crippen molar-refractivity contribution < 1.29 is 0 Å². The first-order chi connectivity index (χ1) is 22.4. The summed E-state index contributed by atoms with van der Waals surface area (Å²) in [6.07, 6.45) is 19.6. The van der Waals surface area contributed by atoms with Crippen LogP contribution in [0.2, 0.25) is 0 Å². The van der Waals surface area contributed by atoms with Gasteiger partial charge in [0.2, 0.25) is 0 Å². The number of aromatic nitrogens is 1. The van der Waals surface area contributed by atoms with Gasteiger partial charge in [-0.05, 0) is 115 Å². The highest BCUT2D eigenvalue weighted by molar-refractivity contribution is 6.29. The molecule has 3 heteroatoms. The second-order valence-electron chi connectivity index (χ2n) is 11.9. The van der Waals surface area contributed by atoms with Crippen molar-refractivity contribution in [2.24, 2.45) is 0 Å². The zero-order valence-electron chi connectivity index (χ0n) is 26.9. The summed E-state index contributed by atoms with van der Waals surface area (Å²) in [7, 11) is 0. The summed E-state index contributed by atoms with van der Waals surface area (Å²) < 4.78 is 2.39. The third-order valence-electron chi connectivity index (χ3n) is 8.90. The predicted octanol–water partition coefficient (Wildman–Crippen LogP) is 11.1. The van der Waals surface area contributed by atoms with E-state index in [1.165, 1.54) is 71.6 Å². The van der Waals surface area contributed by atoms with Crippen LogP contribution >= 0.6 is 23.2 Å². The Hall–Kier alpha value is -4.30. The van der Waals surface area contributed by atoms with Gasteiger partial charge < -0.3 is 4.57 Å². The molecule has 1 nitrogen and oxygen atoms in total. The Morgan fingerprint density at radius 2 is 1.30 bits per heavy atom. The Balaban J connectivity index is 1.49. The summed E-state index contributed by atoms with van der Waals surface area (Å²) in [5.41, 5.74) is 11.6. The topological polar surface area (TPSA) is 4.93 Å². The summed E-state index contributed by atoms with van der Waals surface area (Å²) in [5, 5.41) is 6.44. The Morgan fingerprint density at radius 1 is 0.696 bits per heavy atom. The molecule has 1 aromatic heterocycles.